The Morgan fingerprint density at radius 2 is 1.25 bits per heavy atom. The molecule has 1 saturated heterocycles. The van der Waals surface area contributed by atoms with E-state index in [1.54, 1.807) is 0 Å². The molecule has 9 heteroatoms. The average molecular weight is 722 g/mol. The van der Waals surface area contributed by atoms with Crippen molar-refractivity contribution in [2.24, 2.45) is 29.2 Å². The molecule has 0 radical (unpaired) electrons. The highest BCUT2D eigenvalue weighted by atomic mass is 16.2. The molecule has 0 unspecified atom stereocenters. The predicted octanol–water partition coefficient (Wildman–Crippen LogP) is 5.42. The van der Waals surface area contributed by atoms with E-state index >= 15 is 0 Å². The molecule has 284 valence electrons. The number of nitrogens with one attached hydrogen (secondary N) is 1. The standard InChI is InChI=1S/C44H59N5O4/c1-32(2)27-40(47-43(52)38(28-34-15-7-4-8-16-34)31-41(50)39(46)29-35-17-9-5-10-18-35)42(51)30-37(21-13-14-22-45)44(53)49-25-23-48(24-26-49)33(3)36-19-11-6-12-20-36/h4-12,15-20,32,37-40H,3,13-14,21-31,45-46H2,1-2H3,(H,47,52)/t37-,38-,39+,40+/m0/s1. The summed E-state index contributed by atoms with van der Waals surface area (Å²) in [6, 6.07) is 27.6. The first-order chi connectivity index (χ1) is 25.5. The van der Waals surface area contributed by atoms with Crippen LogP contribution in [0.15, 0.2) is 97.6 Å². The monoisotopic (exact) mass is 721 g/mol. The van der Waals surface area contributed by atoms with Gasteiger partial charge in [0.25, 0.3) is 0 Å². The number of carbonyl (C=O) groups excluding carboxylic acids is 4. The Bertz CT molecular complexity index is 1610. The number of unbranched alkanes of at least 4 members (excludes halogenated alkanes) is 1. The summed E-state index contributed by atoms with van der Waals surface area (Å²) in [6.07, 6.45) is 3.17. The first-order valence-electron chi connectivity index (χ1n) is 19.2. The lowest BCUT2D eigenvalue weighted by Crippen LogP contribution is -2.50. The molecule has 5 N–H and O–H groups in total. The van der Waals surface area contributed by atoms with Gasteiger partial charge >= 0.3 is 0 Å². The Balaban J connectivity index is 1.45. The van der Waals surface area contributed by atoms with Crippen LogP contribution in [0.4, 0.5) is 0 Å². The number of ketones is 2. The molecule has 1 fully saturated rings. The summed E-state index contributed by atoms with van der Waals surface area (Å²) in [5, 5.41) is 3.04. The van der Waals surface area contributed by atoms with E-state index in [1.807, 2.05) is 110 Å². The zero-order chi connectivity index (χ0) is 38.2. The molecule has 1 aliphatic heterocycles. The topological polar surface area (TPSA) is 139 Å². The number of carbonyl (C=O) groups is 4. The second-order valence-electron chi connectivity index (χ2n) is 14.8. The molecule has 53 heavy (non-hydrogen) atoms. The van der Waals surface area contributed by atoms with Crippen molar-refractivity contribution in [1.29, 1.82) is 0 Å². The van der Waals surface area contributed by atoms with Gasteiger partial charge in [-0.05, 0) is 61.3 Å². The van der Waals surface area contributed by atoms with Crippen LogP contribution in [0.25, 0.3) is 5.70 Å². The summed E-state index contributed by atoms with van der Waals surface area (Å²) in [7, 11) is 0. The van der Waals surface area contributed by atoms with Crippen LogP contribution < -0.4 is 16.8 Å². The quantitative estimate of drug-likeness (QED) is 0.125. The average Bonchev–Trinajstić information content (AvgIpc) is 3.17. The van der Waals surface area contributed by atoms with E-state index in [0.717, 1.165) is 35.2 Å². The summed E-state index contributed by atoms with van der Waals surface area (Å²) in [6.45, 7) is 11.2. The molecule has 9 nitrogen and oxygen atoms in total. The fourth-order valence-electron chi connectivity index (χ4n) is 7.07. The number of nitrogens with two attached hydrogens (primary N) is 2. The van der Waals surface area contributed by atoms with Gasteiger partial charge in [0.05, 0.1) is 12.1 Å². The molecule has 0 spiro atoms. The van der Waals surface area contributed by atoms with E-state index in [9.17, 15) is 19.2 Å². The minimum absolute atomic E-state index is 0.0300. The highest BCUT2D eigenvalue weighted by molar-refractivity contribution is 5.95. The second kappa shape index (κ2) is 21.2. The highest BCUT2D eigenvalue weighted by Crippen LogP contribution is 2.24. The number of Topliss-reactive ketones (excluding diaryl/α,β-unsaturated/α-hetero) is 2. The van der Waals surface area contributed by atoms with Crippen molar-refractivity contribution in [3.05, 3.63) is 114 Å². The van der Waals surface area contributed by atoms with Crippen LogP contribution in [0, 0.1) is 17.8 Å². The highest BCUT2D eigenvalue weighted by Gasteiger charge is 2.34. The van der Waals surface area contributed by atoms with Gasteiger partial charge in [-0.2, -0.15) is 0 Å². The zero-order valence-corrected chi connectivity index (χ0v) is 31.6. The van der Waals surface area contributed by atoms with E-state index in [1.165, 1.54) is 0 Å². The van der Waals surface area contributed by atoms with Gasteiger partial charge in [0, 0.05) is 56.6 Å². The van der Waals surface area contributed by atoms with E-state index in [2.05, 4.69) is 16.8 Å². The minimum atomic E-state index is -0.787. The predicted molar refractivity (Wildman–Crippen MR) is 212 cm³/mol. The largest absolute Gasteiger partial charge is 0.368 e. The fourth-order valence-corrected chi connectivity index (χ4v) is 7.07. The van der Waals surface area contributed by atoms with Crippen molar-refractivity contribution in [1.82, 2.24) is 15.1 Å². The molecule has 3 aromatic rings. The molecular formula is C44H59N5O4. The Kier molecular flexibility index (Phi) is 16.5. The van der Waals surface area contributed by atoms with Gasteiger partial charge in [-0.25, -0.2) is 0 Å². The maximum Gasteiger partial charge on any atom is 0.226 e. The van der Waals surface area contributed by atoms with Crippen molar-refractivity contribution < 1.29 is 19.2 Å². The molecule has 0 aromatic heterocycles. The number of hydrogen-bond donors (Lipinski definition) is 3. The number of nitrogens with zero attached hydrogens (tertiary/aromatic N) is 2. The first kappa shape index (κ1) is 41.2. The Morgan fingerprint density at radius 3 is 1.81 bits per heavy atom. The van der Waals surface area contributed by atoms with Gasteiger partial charge in [0.1, 0.15) is 0 Å². The number of piperazine rings is 1. The van der Waals surface area contributed by atoms with Crippen LogP contribution in [0.3, 0.4) is 0 Å². The second-order valence-corrected chi connectivity index (χ2v) is 14.8. The zero-order valence-electron chi connectivity index (χ0n) is 31.6. The molecule has 0 bridgehead atoms. The van der Waals surface area contributed by atoms with E-state index in [4.69, 9.17) is 11.5 Å². The van der Waals surface area contributed by atoms with Crippen molar-refractivity contribution in [2.75, 3.05) is 32.7 Å². The summed E-state index contributed by atoms with van der Waals surface area (Å²) in [5.74, 6) is -1.87. The Hall–Kier alpha value is -4.60. The lowest BCUT2D eigenvalue weighted by molar-refractivity contribution is -0.140. The Labute approximate surface area is 316 Å². The van der Waals surface area contributed by atoms with Crippen LogP contribution in [-0.4, -0.2) is 78.0 Å². The molecule has 4 atom stereocenters. The van der Waals surface area contributed by atoms with Crippen molar-refractivity contribution in [3.8, 4) is 0 Å². The molecule has 1 heterocycles. The number of rotatable bonds is 21. The molecule has 0 aliphatic carbocycles. The van der Waals surface area contributed by atoms with Crippen molar-refractivity contribution in [2.45, 2.75) is 77.3 Å². The van der Waals surface area contributed by atoms with Crippen LogP contribution in [-0.2, 0) is 32.0 Å². The first-order valence-corrected chi connectivity index (χ1v) is 19.2. The fraction of sp³-hybridized carbons (Fsp3) is 0.455. The van der Waals surface area contributed by atoms with Gasteiger partial charge in [-0.1, -0.05) is 118 Å². The number of hydrogen-bond acceptors (Lipinski definition) is 7. The van der Waals surface area contributed by atoms with Crippen LogP contribution in [0.2, 0.25) is 0 Å². The van der Waals surface area contributed by atoms with Crippen LogP contribution in [0.5, 0.6) is 0 Å². The third-order valence-electron chi connectivity index (χ3n) is 10.2. The van der Waals surface area contributed by atoms with E-state index in [0.29, 0.717) is 58.4 Å². The molecule has 0 saturated carbocycles. The van der Waals surface area contributed by atoms with Crippen molar-refractivity contribution in [3.63, 3.8) is 0 Å². The van der Waals surface area contributed by atoms with Gasteiger partial charge in [-0.3, -0.25) is 19.2 Å². The maximum atomic E-state index is 14.1. The lowest BCUT2D eigenvalue weighted by atomic mass is 9.87. The van der Waals surface area contributed by atoms with E-state index in [-0.39, 0.29) is 42.1 Å². The van der Waals surface area contributed by atoms with Gasteiger partial charge in [0.2, 0.25) is 11.8 Å². The van der Waals surface area contributed by atoms with Crippen LogP contribution >= 0.6 is 0 Å². The third kappa shape index (κ3) is 13.1. The molecule has 4 rings (SSSR count). The summed E-state index contributed by atoms with van der Waals surface area (Å²) in [5.41, 5.74) is 16.0. The Morgan fingerprint density at radius 1 is 0.717 bits per heavy atom. The van der Waals surface area contributed by atoms with Crippen LogP contribution in [0.1, 0.15) is 69.1 Å². The molecule has 2 amide bonds. The van der Waals surface area contributed by atoms with Gasteiger partial charge < -0.3 is 26.6 Å². The van der Waals surface area contributed by atoms with Gasteiger partial charge in [0.15, 0.2) is 11.6 Å². The smallest absolute Gasteiger partial charge is 0.226 e. The van der Waals surface area contributed by atoms with Crippen molar-refractivity contribution >= 4 is 29.1 Å². The summed E-state index contributed by atoms with van der Waals surface area (Å²) >= 11 is 0. The summed E-state index contributed by atoms with van der Waals surface area (Å²) < 4.78 is 0. The molecular weight excluding hydrogens is 663 g/mol. The molecule has 3 aromatic carbocycles. The number of benzene rings is 3. The molecule has 1 aliphatic rings. The minimum Gasteiger partial charge on any atom is -0.368 e. The normalized spacial score (nSPS) is 15.3. The van der Waals surface area contributed by atoms with E-state index < -0.39 is 23.9 Å². The number of amides is 2. The third-order valence-corrected chi connectivity index (χ3v) is 10.2. The maximum absolute atomic E-state index is 14.1. The lowest BCUT2D eigenvalue weighted by Gasteiger charge is -2.38. The summed E-state index contributed by atoms with van der Waals surface area (Å²) in [4.78, 5) is 59.8. The SMILES string of the molecule is C=C(c1ccccc1)N1CCN(C(=O)[C@@H](CCCCN)CC(=O)[C@@H](CC(C)C)NC(=O)[C@H](CC(=O)[C@H](N)Cc2ccccc2)Cc2ccccc2)CC1. The van der Waals surface area contributed by atoms with Gasteiger partial charge in [-0.15, -0.1) is 0 Å².